The van der Waals surface area contributed by atoms with Crippen molar-refractivity contribution in [3.63, 3.8) is 0 Å². The lowest BCUT2D eigenvalue weighted by molar-refractivity contribution is -0.137. The Morgan fingerprint density at radius 2 is 1.91 bits per heavy atom. The highest BCUT2D eigenvalue weighted by molar-refractivity contribution is 8.01. The predicted molar refractivity (Wildman–Crippen MR) is 79.9 cm³/mol. The highest BCUT2D eigenvalue weighted by Gasteiger charge is 2.31. The number of nitrogens with one attached hydrogen (secondary N) is 1. The van der Waals surface area contributed by atoms with Crippen LogP contribution in [0.15, 0.2) is 53.4 Å². The number of hydrogen-bond acceptors (Lipinski definition) is 2. The van der Waals surface area contributed by atoms with Gasteiger partial charge in [0.15, 0.2) is 0 Å². The zero-order chi connectivity index (χ0) is 15.7. The van der Waals surface area contributed by atoms with Crippen LogP contribution in [0.5, 0.6) is 0 Å². The predicted octanol–water partition coefficient (Wildman–Crippen LogP) is 4.36. The monoisotopic (exact) mass is 323 g/mol. The summed E-state index contributed by atoms with van der Waals surface area (Å²) in [6.07, 6.45) is -3.83. The zero-order valence-corrected chi connectivity index (χ0v) is 12.2. The average molecular weight is 323 g/mol. The van der Waals surface area contributed by atoms with E-state index in [1.165, 1.54) is 23.9 Å². The summed E-state index contributed by atoms with van der Waals surface area (Å²) in [5.74, 6) is -0.277. The van der Waals surface area contributed by atoms with Gasteiger partial charge < -0.3 is 5.32 Å². The lowest BCUT2D eigenvalue weighted by Crippen LogP contribution is -2.24. The van der Waals surface area contributed by atoms with Crippen LogP contribution in [0.2, 0.25) is 0 Å². The molecule has 22 heavy (non-hydrogen) atoms. The van der Waals surface area contributed by atoms with Crippen LogP contribution < -0.4 is 5.32 Å². The van der Waals surface area contributed by atoms with Crippen LogP contribution in [-0.4, -0.2) is 11.2 Å². The Kier molecular flexibility index (Phi) is 3.87. The molecule has 1 heterocycles. The Morgan fingerprint density at radius 1 is 1.14 bits per heavy atom. The first-order valence-electron chi connectivity index (χ1n) is 6.66. The van der Waals surface area contributed by atoms with Crippen molar-refractivity contribution in [2.45, 2.75) is 22.7 Å². The molecule has 0 radical (unpaired) electrons. The van der Waals surface area contributed by atoms with Crippen molar-refractivity contribution in [1.29, 1.82) is 0 Å². The minimum Gasteiger partial charge on any atom is -0.325 e. The molecule has 2 aromatic carbocycles. The van der Waals surface area contributed by atoms with Crippen molar-refractivity contribution >= 4 is 23.4 Å². The molecule has 0 spiro atoms. The fraction of sp³-hybridized carbons (Fsp3) is 0.188. The lowest BCUT2D eigenvalue weighted by Gasteiger charge is -2.12. The summed E-state index contributed by atoms with van der Waals surface area (Å²) in [6, 6.07) is 12.4. The van der Waals surface area contributed by atoms with Gasteiger partial charge in [0.25, 0.3) is 0 Å². The van der Waals surface area contributed by atoms with Crippen molar-refractivity contribution < 1.29 is 18.0 Å². The summed E-state index contributed by atoms with van der Waals surface area (Å²) in [5, 5.41) is 2.26. The third-order valence-electron chi connectivity index (χ3n) is 3.40. The van der Waals surface area contributed by atoms with Gasteiger partial charge in [-0.2, -0.15) is 13.2 Å². The number of benzene rings is 2. The molecule has 0 saturated heterocycles. The molecule has 0 unspecified atom stereocenters. The molecular weight excluding hydrogens is 311 g/mol. The number of alkyl halides is 3. The van der Waals surface area contributed by atoms with Gasteiger partial charge in [0.1, 0.15) is 0 Å². The van der Waals surface area contributed by atoms with Crippen LogP contribution in [0, 0.1) is 0 Å². The van der Waals surface area contributed by atoms with Crippen molar-refractivity contribution in [2.24, 2.45) is 0 Å². The van der Waals surface area contributed by atoms with Crippen molar-refractivity contribution in [3.8, 4) is 0 Å². The van der Waals surface area contributed by atoms with E-state index in [2.05, 4.69) is 5.32 Å². The maximum absolute atomic E-state index is 12.7. The SMILES string of the molecule is O=C(Nc1cccc(C(F)(F)F)c1)[C@@H]1Cc2ccccc2S1. The minimum atomic E-state index is -4.42. The summed E-state index contributed by atoms with van der Waals surface area (Å²) in [5.41, 5.74) is 0.487. The number of rotatable bonds is 2. The van der Waals surface area contributed by atoms with Gasteiger partial charge in [-0.25, -0.2) is 0 Å². The molecule has 3 rings (SSSR count). The molecule has 2 nitrogen and oxygen atoms in total. The number of carbonyl (C=O) groups excluding carboxylic acids is 1. The normalized spacial score (nSPS) is 17.1. The molecule has 6 heteroatoms. The van der Waals surface area contributed by atoms with Crippen LogP contribution in [0.1, 0.15) is 11.1 Å². The first-order chi connectivity index (χ1) is 10.4. The first kappa shape index (κ1) is 15.0. The molecule has 0 aromatic heterocycles. The van der Waals surface area contributed by atoms with E-state index in [9.17, 15) is 18.0 Å². The van der Waals surface area contributed by atoms with Crippen LogP contribution in [-0.2, 0) is 17.4 Å². The number of halogens is 3. The molecular formula is C16H12F3NOS. The molecule has 2 aromatic rings. The van der Waals surface area contributed by atoms with E-state index in [0.717, 1.165) is 22.6 Å². The molecule has 0 fully saturated rings. The second kappa shape index (κ2) is 5.68. The third kappa shape index (κ3) is 3.11. The zero-order valence-electron chi connectivity index (χ0n) is 11.4. The van der Waals surface area contributed by atoms with E-state index in [0.29, 0.717) is 6.42 Å². The Morgan fingerprint density at radius 3 is 2.64 bits per heavy atom. The summed E-state index contributed by atoms with van der Waals surface area (Å²) < 4.78 is 38.0. The fourth-order valence-electron chi connectivity index (χ4n) is 2.32. The second-order valence-electron chi connectivity index (χ2n) is 4.99. The number of carbonyl (C=O) groups is 1. The van der Waals surface area contributed by atoms with Crippen LogP contribution in [0.3, 0.4) is 0 Å². The largest absolute Gasteiger partial charge is 0.416 e. The van der Waals surface area contributed by atoms with Gasteiger partial charge in [0, 0.05) is 10.6 Å². The second-order valence-corrected chi connectivity index (χ2v) is 6.23. The van der Waals surface area contributed by atoms with Crippen molar-refractivity contribution in [3.05, 3.63) is 59.7 Å². The Balaban J connectivity index is 1.71. The molecule has 1 N–H and O–H groups in total. The number of anilines is 1. The van der Waals surface area contributed by atoms with Crippen LogP contribution in [0.4, 0.5) is 18.9 Å². The lowest BCUT2D eigenvalue weighted by atomic mass is 10.1. The van der Waals surface area contributed by atoms with Gasteiger partial charge in [-0.05, 0) is 36.2 Å². The van der Waals surface area contributed by atoms with E-state index in [-0.39, 0.29) is 16.8 Å². The van der Waals surface area contributed by atoms with Crippen molar-refractivity contribution in [2.75, 3.05) is 5.32 Å². The number of amides is 1. The van der Waals surface area contributed by atoms with Gasteiger partial charge in [-0.1, -0.05) is 24.3 Å². The van der Waals surface area contributed by atoms with E-state index in [1.807, 2.05) is 24.3 Å². The maximum Gasteiger partial charge on any atom is 0.416 e. The maximum atomic E-state index is 12.7. The molecule has 1 aliphatic heterocycles. The Hall–Kier alpha value is -1.95. The van der Waals surface area contributed by atoms with Gasteiger partial charge in [-0.15, -0.1) is 11.8 Å². The molecule has 0 bridgehead atoms. The van der Waals surface area contributed by atoms with E-state index in [1.54, 1.807) is 0 Å². The molecule has 1 aliphatic rings. The van der Waals surface area contributed by atoms with Gasteiger partial charge in [-0.3, -0.25) is 4.79 Å². The number of fused-ring (bicyclic) bond motifs is 1. The summed E-state index contributed by atoms with van der Waals surface area (Å²) in [4.78, 5) is 13.3. The molecule has 0 saturated carbocycles. The summed E-state index contributed by atoms with van der Waals surface area (Å²) >= 11 is 1.44. The average Bonchev–Trinajstić information content (AvgIpc) is 2.90. The van der Waals surface area contributed by atoms with Crippen LogP contribution in [0.25, 0.3) is 0 Å². The van der Waals surface area contributed by atoms with Gasteiger partial charge >= 0.3 is 6.18 Å². The van der Waals surface area contributed by atoms with E-state index < -0.39 is 11.7 Å². The standard InChI is InChI=1S/C16H12F3NOS/c17-16(18,19)11-5-3-6-12(9-11)20-15(21)14-8-10-4-1-2-7-13(10)22-14/h1-7,9,14H,8H2,(H,20,21)/t14-/m0/s1. The summed E-state index contributed by atoms with van der Waals surface area (Å²) in [7, 11) is 0. The minimum absolute atomic E-state index is 0.163. The summed E-state index contributed by atoms with van der Waals surface area (Å²) in [6.45, 7) is 0. The van der Waals surface area contributed by atoms with E-state index >= 15 is 0 Å². The topological polar surface area (TPSA) is 29.1 Å². The number of hydrogen-bond donors (Lipinski definition) is 1. The molecule has 1 amide bonds. The Labute approximate surface area is 129 Å². The smallest absolute Gasteiger partial charge is 0.325 e. The quantitative estimate of drug-likeness (QED) is 0.889. The van der Waals surface area contributed by atoms with Crippen LogP contribution >= 0.6 is 11.8 Å². The molecule has 1 atom stereocenters. The highest BCUT2D eigenvalue weighted by atomic mass is 32.2. The Bertz CT molecular complexity index is 690. The number of thioether (sulfide) groups is 1. The van der Waals surface area contributed by atoms with Gasteiger partial charge in [0.2, 0.25) is 5.91 Å². The van der Waals surface area contributed by atoms with Gasteiger partial charge in [0.05, 0.1) is 10.8 Å². The first-order valence-corrected chi connectivity index (χ1v) is 7.54. The van der Waals surface area contributed by atoms with E-state index in [4.69, 9.17) is 0 Å². The van der Waals surface area contributed by atoms with Crippen molar-refractivity contribution in [1.82, 2.24) is 0 Å². The fourth-order valence-corrected chi connectivity index (χ4v) is 3.52. The third-order valence-corrected chi connectivity index (χ3v) is 4.71. The highest BCUT2D eigenvalue weighted by Crippen LogP contribution is 2.37. The molecule has 114 valence electrons. The molecule has 0 aliphatic carbocycles.